The van der Waals surface area contributed by atoms with Crippen molar-refractivity contribution in [3.63, 3.8) is 0 Å². The van der Waals surface area contributed by atoms with Gasteiger partial charge in [0.2, 0.25) is 0 Å². The number of nitrogens with zero attached hydrogens (tertiary/aromatic N) is 1. The topological polar surface area (TPSA) is 23.8 Å². The first kappa shape index (κ1) is 17.8. The van der Waals surface area contributed by atoms with E-state index >= 15 is 0 Å². The fraction of sp³-hybridized carbons (Fsp3) is 0.952. The van der Waals surface area contributed by atoms with Gasteiger partial charge in [0.1, 0.15) is 0 Å². The number of nitriles is 1. The van der Waals surface area contributed by atoms with Crippen LogP contribution in [0.5, 0.6) is 0 Å². The molecular formula is C21H37N. The van der Waals surface area contributed by atoms with Crippen LogP contribution in [0.15, 0.2) is 0 Å². The Kier molecular flexibility index (Phi) is 7.26. The maximum absolute atomic E-state index is 9.86. The Morgan fingerprint density at radius 3 is 2.18 bits per heavy atom. The van der Waals surface area contributed by atoms with Gasteiger partial charge in [-0.05, 0) is 49.9 Å². The van der Waals surface area contributed by atoms with Crippen LogP contribution in [0, 0.1) is 34.5 Å². The zero-order valence-corrected chi connectivity index (χ0v) is 15.1. The van der Waals surface area contributed by atoms with Crippen molar-refractivity contribution in [2.75, 3.05) is 0 Å². The second-order valence-electron chi connectivity index (χ2n) is 8.25. The van der Waals surface area contributed by atoms with Crippen LogP contribution in [0.1, 0.15) is 104 Å². The van der Waals surface area contributed by atoms with Crippen molar-refractivity contribution in [1.29, 1.82) is 5.26 Å². The molecule has 0 aromatic heterocycles. The summed E-state index contributed by atoms with van der Waals surface area (Å²) in [7, 11) is 0. The van der Waals surface area contributed by atoms with Crippen LogP contribution in [-0.4, -0.2) is 0 Å². The van der Waals surface area contributed by atoms with Gasteiger partial charge in [-0.3, -0.25) is 0 Å². The molecule has 0 aromatic carbocycles. The van der Waals surface area contributed by atoms with Crippen molar-refractivity contribution in [3.05, 3.63) is 0 Å². The zero-order valence-electron chi connectivity index (χ0n) is 15.1. The van der Waals surface area contributed by atoms with E-state index in [0.29, 0.717) is 0 Å². The molecule has 0 aromatic rings. The van der Waals surface area contributed by atoms with E-state index in [0.717, 1.165) is 17.8 Å². The van der Waals surface area contributed by atoms with Crippen molar-refractivity contribution >= 4 is 0 Å². The second-order valence-corrected chi connectivity index (χ2v) is 8.25. The van der Waals surface area contributed by atoms with E-state index < -0.39 is 0 Å². The Morgan fingerprint density at radius 1 is 1.00 bits per heavy atom. The van der Waals surface area contributed by atoms with E-state index in [2.05, 4.69) is 19.9 Å². The molecule has 0 heterocycles. The summed E-state index contributed by atoms with van der Waals surface area (Å²) in [6, 6.07) is 2.78. The van der Waals surface area contributed by atoms with Crippen molar-refractivity contribution < 1.29 is 0 Å². The molecule has 0 aliphatic heterocycles. The third kappa shape index (κ3) is 4.74. The molecule has 0 radical (unpaired) electrons. The summed E-state index contributed by atoms with van der Waals surface area (Å²) >= 11 is 0. The van der Waals surface area contributed by atoms with Gasteiger partial charge < -0.3 is 0 Å². The quantitative estimate of drug-likeness (QED) is 0.503. The van der Waals surface area contributed by atoms with Gasteiger partial charge in [0.05, 0.1) is 11.5 Å². The molecular weight excluding hydrogens is 266 g/mol. The molecule has 0 N–H and O–H groups in total. The smallest absolute Gasteiger partial charge is 0.0689 e. The molecule has 1 nitrogen and oxygen atoms in total. The Morgan fingerprint density at radius 2 is 1.64 bits per heavy atom. The van der Waals surface area contributed by atoms with E-state index in [1.807, 2.05) is 0 Å². The number of hydrogen-bond donors (Lipinski definition) is 0. The summed E-state index contributed by atoms with van der Waals surface area (Å²) in [5.74, 6) is 2.72. The van der Waals surface area contributed by atoms with E-state index in [4.69, 9.17) is 0 Å². The van der Waals surface area contributed by atoms with Gasteiger partial charge >= 0.3 is 0 Å². The van der Waals surface area contributed by atoms with Gasteiger partial charge in [0, 0.05) is 0 Å². The van der Waals surface area contributed by atoms with Crippen LogP contribution >= 0.6 is 0 Å². The van der Waals surface area contributed by atoms with E-state index in [1.165, 1.54) is 89.9 Å². The Balaban J connectivity index is 1.86. The Labute approximate surface area is 138 Å². The Hall–Kier alpha value is -0.510. The minimum atomic E-state index is 0.0274. The fourth-order valence-corrected chi connectivity index (χ4v) is 5.13. The van der Waals surface area contributed by atoms with Crippen LogP contribution in [0.2, 0.25) is 0 Å². The first-order valence-electron chi connectivity index (χ1n) is 10.1. The number of unbranched alkanes of at least 4 members (excludes halogenated alkanes) is 1. The van der Waals surface area contributed by atoms with Crippen LogP contribution in [0.4, 0.5) is 0 Å². The lowest BCUT2D eigenvalue weighted by Gasteiger charge is -2.41. The average molecular weight is 304 g/mol. The molecule has 0 amide bonds. The predicted octanol–water partition coefficient (Wildman–Crippen LogP) is 6.87. The van der Waals surface area contributed by atoms with Gasteiger partial charge in [-0.15, -0.1) is 0 Å². The molecule has 22 heavy (non-hydrogen) atoms. The van der Waals surface area contributed by atoms with Crippen molar-refractivity contribution in [2.24, 2.45) is 23.2 Å². The third-order valence-electron chi connectivity index (χ3n) is 6.76. The van der Waals surface area contributed by atoms with Crippen molar-refractivity contribution in [1.82, 2.24) is 0 Å². The molecule has 2 aliphatic rings. The fourth-order valence-electron chi connectivity index (χ4n) is 5.13. The first-order valence-corrected chi connectivity index (χ1v) is 10.1. The molecule has 1 unspecified atom stereocenters. The molecule has 126 valence electrons. The van der Waals surface area contributed by atoms with Crippen molar-refractivity contribution in [3.8, 4) is 6.07 Å². The summed E-state index contributed by atoms with van der Waals surface area (Å²) in [4.78, 5) is 0. The third-order valence-corrected chi connectivity index (χ3v) is 6.76. The molecule has 2 aliphatic carbocycles. The van der Waals surface area contributed by atoms with Crippen LogP contribution in [0.25, 0.3) is 0 Å². The molecule has 1 atom stereocenters. The number of hydrogen-bond acceptors (Lipinski definition) is 1. The first-order chi connectivity index (χ1) is 10.7. The molecule has 0 saturated heterocycles. The maximum Gasteiger partial charge on any atom is 0.0689 e. The highest BCUT2D eigenvalue weighted by molar-refractivity contribution is 5.03. The molecule has 0 spiro atoms. The minimum absolute atomic E-state index is 0.0274. The average Bonchev–Trinajstić information content (AvgIpc) is 2.60. The summed E-state index contributed by atoms with van der Waals surface area (Å²) in [6.45, 7) is 4.60. The summed E-state index contributed by atoms with van der Waals surface area (Å²) in [5.41, 5.74) is 0.0274. The van der Waals surface area contributed by atoms with Crippen LogP contribution < -0.4 is 0 Å². The second kappa shape index (κ2) is 8.95. The largest absolute Gasteiger partial charge is 0.198 e. The van der Waals surface area contributed by atoms with E-state index in [1.54, 1.807) is 0 Å². The van der Waals surface area contributed by atoms with Crippen LogP contribution in [-0.2, 0) is 0 Å². The standard InChI is InChI=1S/C21H37N/c1-3-5-9-18(4-2)16-21(17-22)14-12-20(13-15-21)19-10-7-6-8-11-19/h18-20H,3-16H2,1-2H3. The van der Waals surface area contributed by atoms with Gasteiger partial charge in [-0.1, -0.05) is 71.6 Å². The predicted molar refractivity (Wildman–Crippen MR) is 94.5 cm³/mol. The Bertz CT molecular complexity index is 339. The minimum Gasteiger partial charge on any atom is -0.198 e. The lowest BCUT2D eigenvalue weighted by Crippen LogP contribution is -2.31. The summed E-state index contributed by atoms with van der Waals surface area (Å²) in [6.07, 6.45) is 18.8. The maximum atomic E-state index is 9.86. The molecule has 2 saturated carbocycles. The lowest BCUT2D eigenvalue weighted by molar-refractivity contribution is 0.115. The monoisotopic (exact) mass is 303 g/mol. The van der Waals surface area contributed by atoms with Gasteiger partial charge in [0.15, 0.2) is 0 Å². The van der Waals surface area contributed by atoms with Crippen molar-refractivity contribution in [2.45, 2.75) is 104 Å². The van der Waals surface area contributed by atoms with Crippen LogP contribution in [0.3, 0.4) is 0 Å². The summed E-state index contributed by atoms with van der Waals surface area (Å²) < 4.78 is 0. The highest BCUT2D eigenvalue weighted by Gasteiger charge is 2.39. The highest BCUT2D eigenvalue weighted by Crippen LogP contribution is 2.48. The van der Waals surface area contributed by atoms with E-state index in [-0.39, 0.29) is 5.41 Å². The normalized spacial score (nSPS) is 31.6. The zero-order chi connectivity index (χ0) is 15.8. The lowest BCUT2D eigenvalue weighted by atomic mass is 9.63. The molecule has 2 fully saturated rings. The van der Waals surface area contributed by atoms with Gasteiger partial charge in [0.25, 0.3) is 0 Å². The molecule has 0 bridgehead atoms. The van der Waals surface area contributed by atoms with Gasteiger partial charge in [-0.25, -0.2) is 0 Å². The number of rotatable bonds is 7. The SMILES string of the molecule is CCCCC(CC)CC1(C#N)CCC(C2CCCCC2)CC1. The van der Waals surface area contributed by atoms with E-state index in [9.17, 15) is 5.26 Å². The van der Waals surface area contributed by atoms with Gasteiger partial charge in [-0.2, -0.15) is 5.26 Å². The highest BCUT2D eigenvalue weighted by atomic mass is 14.5. The summed E-state index contributed by atoms with van der Waals surface area (Å²) in [5, 5.41) is 9.86. The molecule has 1 heteroatoms. The molecule has 2 rings (SSSR count).